The average Bonchev–Trinajstić information content (AvgIpc) is 3.17. The van der Waals surface area contributed by atoms with E-state index < -0.39 is 11.8 Å². The molecule has 1 aromatic heterocycles. The molecule has 168 valence electrons. The highest BCUT2D eigenvalue weighted by Crippen LogP contribution is 2.23. The minimum Gasteiger partial charge on any atom is -0.496 e. The second kappa shape index (κ2) is 9.27. The van der Waals surface area contributed by atoms with Crippen LogP contribution in [0.5, 0.6) is 5.75 Å². The van der Waals surface area contributed by atoms with Crippen molar-refractivity contribution in [3.8, 4) is 5.75 Å². The molecule has 3 aromatic rings. The third kappa shape index (κ3) is 4.67. The number of nitrogens with one attached hydrogen (secondary N) is 1. The molecule has 2 heterocycles. The molecule has 0 spiro atoms. The van der Waals surface area contributed by atoms with Crippen LogP contribution in [-0.2, 0) is 6.42 Å². The highest BCUT2D eigenvalue weighted by molar-refractivity contribution is 5.98. The molecule has 1 saturated heterocycles. The number of rotatable bonds is 7. The largest absolute Gasteiger partial charge is 0.496 e. The summed E-state index contributed by atoms with van der Waals surface area (Å²) in [5.41, 5.74) is 2.38. The van der Waals surface area contributed by atoms with Crippen LogP contribution in [-0.4, -0.2) is 71.1 Å². The zero-order chi connectivity index (χ0) is 22.7. The van der Waals surface area contributed by atoms with E-state index in [0.29, 0.717) is 49.3 Å². The molecule has 9 nitrogen and oxygen atoms in total. The first-order valence-electron chi connectivity index (χ1n) is 10.4. The first-order valence-corrected chi connectivity index (χ1v) is 10.4. The number of fused-ring (bicyclic) bond motifs is 1. The topological polar surface area (TPSA) is 116 Å². The molecule has 1 aliphatic rings. The first-order chi connectivity index (χ1) is 15.4. The zero-order valence-electron chi connectivity index (χ0n) is 17.7. The van der Waals surface area contributed by atoms with E-state index in [1.165, 1.54) is 4.90 Å². The molecule has 1 unspecified atom stereocenters. The number of carbonyl (C=O) groups excluding carboxylic acids is 1. The lowest BCUT2D eigenvalue weighted by Gasteiger charge is -2.40. The summed E-state index contributed by atoms with van der Waals surface area (Å²) in [6, 6.07) is 12.5. The summed E-state index contributed by atoms with van der Waals surface area (Å²) in [7, 11) is 1.61. The van der Waals surface area contributed by atoms with Gasteiger partial charge in [-0.15, -0.1) is 0 Å². The molecule has 1 atom stereocenters. The van der Waals surface area contributed by atoms with Gasteiger partial charge in [0, 0.05) is 44.2 Å². The highest BCUT2D eigenvalue weighted by Gasteiger charge is 2.30. The SMILES string of the molecule is COc1ccccc1CC1CN(C(=O)O)CCN1CCC(=O)c1ccc2[nH]c(=O)oc2c1. The Hall–Kier alpha value is -3.59. The van der Waals surface area contributed by atoms with Crippen molar-refractivity contribution in [1.29, 1.82) is 0 Å². The van der Waals surface area contributed by atoms with Gasteiger partial charge in [-0.3, -0.25) is 14.7 Å². The van der Waals surface area contributed by atoms with Crippen molar-refractivity contribution in [3.63, 3.8) is 0 Å². The van der Waals surface area contributed by atoms with E-state index >= 15 is 0 Å². The van der Waals surface area contributed by atoms with Gasteiger partial charge in [-0.1, -0.05) is 18.2 Å². The van der Waals surface area contributed by atoms with Gasteiger partial charge in [-0.05, 0) is 36.2 Å². The van der Waals surface area contributed by atoms with Crippen LogP contribution in [0, 0.1) is 0 Å². The van der Waals surface area contributed by atoms with Crippen LogP contribution in [0.1, 0.15) is 22.3 Å². The number of methoxy groups -OCH3 is 1. The van der Waals surface area contributed by atoms with E-state index in [-0.39, 0.29) is 18.2 Å². The standard InChI is InChI=1S/C23H25N3O6/c1-31-20-5-3-2-4-16(20)12-17-14-26(23(29)30)11-10-25(17)9-8-19(27)15-6-7-18-21(13-15)32-22(28)24-18/h2-7,13,17H,8-12,14H2,1H3,(H,24,28)(H,29,30). The van der Waals surface area contributed by atoms with Crippen molar-refractivity contribution in [3.05, 3.63) is 64.1 Å². The molecule has 1 fully saturated rings. The maximum atomic E-state index is 12.8. The number of oxazole rings is 1. The zero-order valence-corrected chi connectivity index (χ0v) is 17.7. The van der Waals surface area contributed by atoms with Crippen LogP contribution >= 0.6 is 0 Å². The van der Waals surface area contributed by atoms with E-state index in [4.69, 9.17) is 9.15 Å². The van der Waals surface area contributed by atoms with Crippen molar-refractivity contribution >= 4 is 23.0 Å². The number of amides is 1. The van der Waals surface area contributed by atoms with Crippen molar-refractivity contribution in [2.75, 3.05) is 33.3 Å². The molecule has 0 aliphatic carbocycles. The summed E-state index contributed by atoms with van der Waals surface area (Å²) in [4.78, 5) is 41.8. The van der Waals surface area contributed by atoms with Crippen molar-refractivity contribution in [2.45, 2.75) is 18.9 Å². The van der Waals surface area contributed by atoms with Gasteiger partial charge in [-0.2, -0.15) is 0 Å². The molecular formula is C23H25N3O6. The Morgan fingerprint density at radius 2 is 2.03 bits per heavy atom. The van der Waals surface area contributed by atoms with Crippen LogP contribution in [0.25, 0.3) is 11.1 Å². The van der Waals surface area contributed by atoms with Crippen LogP contribution in [0.3, 0.4) is 0 Å². The normalized spacial score (nSPS) is 16.9. The number of ether oxygens (including phenoxy) is 1. The fraction of sp³-hybridized carbons (Fsp3) is 0.348. The second-order valence-corrected chi connectivity index (χ2v) is 7.83. The number of hydrogen-bond donors (Lipinski definition) is 2. The molecule has 2 aromatic carbocycles. The molecular weight excluding hydrogens is 414 g/mol. The fourth-order valence-electron chi connectivity index (χ4n) is 4.19. The lowest BCUT2D eigenvalue weighted by molar-refractivity contribution is 0.0646. The summed E-state index contributed by atoms with van der Waals surface area (Å²) in [6.07, 6.45) is -0.0509. The van der Waals surface area contributed by atoms with Gasteiger partial charge >= 0.3 is 11.8 Å². The van der Waals surface area contributed by atoms with Crippen molar-refractivity contribution in [1.82, 2.24) is 14.8 Å². The lowest BCUT2D eigenvalue weighted by Crippen LogP contribution is -2.55. The van der Waals surface area contributed by atoms with Crippen LogP contribution in [0.2, 0.25) is 0 Å². The molecule has 2 N–H and O–H groups in total. The Morgan fingerprint density at radius 1 is 1.22 bits per heavy atom. The van der Waals surface area contributed by atoms with E-state index in [9.17, 15) is 19.5 Å². The van der Waals surface area contributed by atoms with Crippen LogP contribution in [0.15, 0.2) is 51.7 Å². The maximum Gasteiger partial charge on any atom is 0.417 e. The third-order valence-corrected chi connectivity index (χ3v) is 5.89. The summed E-state index contributed by atoms with van der Waals surface area (Å²) in [5.74, 6) is 0.143. The lowest BCUT2D eigenvalue weighted by atomic mass is 10.00. The monoisotopic (exact) mass is 439 g/mol. The highest BCUT2D eigenvalue weighted by atomic mass is 16.5. The number of aromatic amines is 1. The summed E-state index contributed by atoms with van der Waals surface area (Å²) < 4.78 is 10.5. The minimum absolute atomic E-state index is 0.0625. The number of aromatic nitrogens is 1. The summed E-state index contributed by atoms with van der Waals surface area (Å²) in [6.45, 7) is 1.81. The van der Waals surface area contributed by atoms with Crippen LogP contribution in [0.4, 0.5) is 4.79 Å². The number of carbonyl (C=O) groups is 2. The predicted molar refractivity (Wildman–Crippen MR) is 117 cm³/mol. The molecule has 1 aliphatic heterocycles. The summed E-state index contributed by atoms with van der Waals surface area (Å²) in [5, 5.41) is 9.46. The number of benzene rings is 2. The smallest absolute Gasteiger partial charge is 0.417 e. The van der Waals surface area contributed by atoms with Gasteiger partial charge < -0.3 is 19.2 Å². The molecule has 9 heteroatoms. The van der Waals surface area contributed by atoms with Gasteiger partial charge in [0.05, 0.1) is 12.6 Å². The Morgan fingerprint density at radius 3 is 2.81 bits per heavy atom. The van der Waals surface area contributed by atoms with E-state index in [0.717, 1.165) is 11.3 Å². The van der Waals surface area contributed by atoms with Gasteiger partial charge in [0.2, 0.25) is 0 Å². The maximum absolute atomic E-state index is 12.8. The number of ketones is 1. The molecule has 1 amide bonds. The molecule has 0 bridgehead atoms. The Balaban J connectivity index is 1.47. The second-order valence-electron chi connectivity index (χ2n) is 7.83. The quantitative estimate of drug-likeness (QED) is 0.544. The Labute approximate surface area is 184 Å². The number of H-pyrrole nitrogens is 1. The molecule has 0 saturated carbocycles. The number of piperazine rings is 1. The number of hydrogen-bond acceptors (Lipinski definition) is 6. The minimum atomic E-state index is -0.938. The number of Topliss-reactive ketones (excluding diaryl/α,β-unsaturated/α-hetero) is 1. The van der Waals surface area contributed by atoms with Gasteiger partial charge in [0.25, 0.3) is 0 Å². The number of nitrogens with zero attached hydrogens (tertiary/aromatic N) is 2. The van der Waals surface area contributed by atoms with E-state index in [1.807, 2.05) is 24.3 Å². The van der Waals surface area contributed by atoms with Gasteiger partial charge in [-0.25, -0.2) is 9.59 Å². The molecule has 0 radical (unpaired) electrons. The molecule has 32 heavy (non-hydrogen) atoms. The molecule has 4 rings (SSSR count). The number of carboxylic acid groups (broad SMARTS) is 1. The van der Waals surface area contributed by atoms with Gasteiger partial charge in [0.15, 0.2) is 11.4 Å². The number of para-hydroxylation sites is 1. The Kier molecular flexibility index (Phi) is 6.27. The average molecular weight is 439 g/mol. The van der Waals surface area contributed by atoms with E-state index in [1.54, 1.807) is 25.3 Å². The predicted octanol–water partition coefficient (Wildman–Crippen LogP) is 2.61. The Bertz CT molecular complexity index is 1180. The first kappa shape index (κ1) is 21.6. The summed E-state index contributed by atoms with van der Waals surface area (Å²) >= 11 is 0. The van der Waals surface area contributed by atoms with Crippen molar-refractivity contribution < 1.29 is 23.8 Å². The van der Waals surface area contributed by atoms with Crippen molar-refractivity contribution in [2.24, 2.45) is 0 Å². The van der Waals surface area contributed by atoms with Gasteiger partial charge in [0.1, 0.15) is 5.75 Å². The van der Waals surface area contributed by atoms with Crippen LogP contribution < -0.4 is 10.5 Å². The third-order valence-electron chi connectivity index (χ3n) is 5.89. The fourth-order valence-corrected chi connectivity index (χ4v) is 4.19. The van der Waals surface area contributed by atoms with E-state index in [2.05, 4.69) is 9.88 Å².